The number of halogens is 1. The normalized spacial score (nSPS) is 12.7. The molecule has 1 heterocycles. The molecule has 1 aromatic heterocycles. The molecule has 0 radical (unpaired) electrons. The summed E-state index contributed by atoms with van der Waals surface area (Å²) in [6, 6.07) is 10.4. The van der Waals surface area contributed by atoms with E-state index in [1.807, 2.05) is 42.5 Å². The Morgan fingerprint density at radius 3 is 2.09 bits per heavy atom. The molecule has 244 valence electrons. The van der Waals surface area contributed by atoms with Crippen molar-refractivity contribution in [2.45, 2.75) is 56.7 Å². The fourth-order valence-electron chi connectivity index (χ4n) is 4.60. The van der Waals surface area contributed by atoms with Crippen molar-refractivity contribution in [2.75, 3.05) is 6.54 Å². The molecule has 7 N–H and O–H groups in total. The van der Waals surface area contributed by atoms with Crippen LogP contribution in [0.25, 0.3) is 10.8 Å². The third kappa shape index (κ3) is 10.8. The SMILES string of the molecule is O=C(O)CC[C@H](NC(=O)N[C@@H](CCCCNC(=O)C(Cc1cccc2ccccc12)NC(=O)c1ccc(F)nc1)C(=O)O)C(=O)O. The third-order valence-corrected chi connectivity index (χ3v) is 6.99. The number of amides is 4. The highest BCUT2D eigenvalue weighted by Gasteiger charge is 2.26. The predicted molar refractivity (Wildman–Crippen MR) is 161 cm³/mol. The fraction of sp³-hybridized carbons (Fsp3) is 0.323. The van der Waals surface area contributed by atoms with Gasteiger partial charge in [0.2, 0.25) is 11.9 Å². The summed E-state index contributed by atoms with van der Waals surface area (Å²) in [5.74, 6) is -5.99. The van der Waals surface area contributed by atoms with Crippen LogP contribution in [0.15, 0.2) is 60.8 Å². The third-order valence-electron chi connectivity index (χ3n) is 6.99. The highest BCUT2D eigenvalue weighted by Crippen LogP contribution is 2.20. The maximum atomic E-state index is 13.3. The molecule has 2 aromatic carbocycles. The van der Waals surface area contributed by atoms with Crippen LogP contribution in [0.2, 0.25) is 0 Å². The molecule has 0 aliphatic carbocycles. The highest BCUT2D eigenvalue weighted by molar-refractivity contribution is 5.97. The fourth-order valence-corrected chi connectivity index (χ4v) is 4.60. The second kappa shape index (κ2) is 17.0. The standard InChI is InChI=1S/C31H34FN5O9/c32-25-13-11-20(17-34-25)27(40)35-24(16-19-8-5-7-18-6-1-2-9-21(18)19)28(41)33-15-4-3-10-22(29(42)43)36-31(46)37-23(30(44)45)12-14-26(38)39/h1-2,5-9,11,13,17,22-24H,3-4,10,12,14-16H2,(H,33,41)(H,35,40)(H,38,39)(H,42,43)(H,44,45)(H2,36,37,46)/t22-,23-,24?/m0/s1. The maximum Gasteiger partial charge on any atom is 0.326 e. The number of urea groups is 1. The Hall–Kier alpha value is -5.60. The van der Waals surface area contributed by atoms with Crippen LogP contribution >= 0.6 is 0 Å². The summed E-state index contributed by atoms with van der Waals surface area (Å²) < 4.78 is 13.3. The van der Waals surface area contributed by atoms with Gasteiger partial charge in [-0.15, -0.1) is 0 Å². The van der Waals surface area contributed by atoms with Crippen LogP contribution in [-0.4, -0.2) is 80.7 Å². The lowest BCUT2D eigenvalue weighted by Gasteiger charge is -2.20. The number of hydrogen-bond acceptors (Lipinski definition) is 7. The van der Waals surface area contributed by atoms with Crippen LogP contribution in [0.4, 0.5) is 9.18 Å². The van der Waals surface area contributed by atoms with Gasteiger partial charge in [0.25, 0.3) is 5.91 Å². The summed E-state index contributed by atoms with van der Waals surface area (Å²) in [6.07, 6.45) is 0.769. The van der Waals surface area contributed by atoms with E-state index in [0.717, 1.165) is 28.6 Å². The van der Waals surface area contributed by atoms with Crippen molar-refractivity contribution in [3.05, 3.63) is 77.9 Å². The van der Waals surface area contributed by atoms with Crippen LogP contribution in [0.3, 0.4) is 0 Å². The number of nitrogens with one attached hydrogen (secondary N) is 4. The minimum absolute atomic E-state index is 0.0563. The van der Waals surface area contributed by atoms with Crippen molar-refractivity contribution < 1.29 is 48.5 Å². The van der Waals surface area contributed by atoms with Crippen LogP contribution in [0.5, 0.6) is 0 Å². The number of carboxylic acids is 3. The van der Waals surface area contributed by atoms with Crippen LogP contribution < -0.4 is 21.3 Å². The molecule has 0 aliphatic heterocycles. The molecule has 4 amide bonds. The Labute approximate surface area is 262 Å². The second-order valence-electron chi connectivity index (χ2n) is 10.4. The number of pyridine rings is 1. The number of carbonyl (C=O) groups is 6. The van der Waals surface area contributed by atoms with Gasteiger partial charge < -0.3 is 36.6 Å². The molecule has 3 atom stereocenters. The van der Waals surface area contributed by atoms with Gasteiger partial charge in [0, 0.05) is 25.6 Å². The van der Waals surface area contributed by atoms with E-state index in [9.17, 15) is 43.4 Å². The van der Waals surface area contributed by atoms with Gasteiger partial charge in [-0.3, -0.25) is 14.4 Å². The zero-order valence-electron chi connectivity index (χ0n) is 24.6. The van der Waals surface area contributed by atoms with E-state index in [1.54, 1.807) is 0 Å². The smallest absolute Gasteiger partial charge is 0.326 e. The molecular weight excluding hydrogens is 605 g/mol. The van der Waals surface area contributed by atoms with Gasteiger partial charge in [0.15, 0.2) is 0 Å². The van der Waals surface area contributed by atoms with Crippen molar-refractivity contribution in [3.63, 3.8) is 0 Å². The van der Waals surface area contributed by atoms with Crippen molar-refractivity contribution in [3.8, 4) is 0 Å². The van der Waals surface area contributed by atoms with Gasteiger partial charge in [-0.05, 0) is 54.2 Å². The zero-order valence-corrected chi connectivity index (χ0v) is 24.6. The number of aliphatic carboxylic acids is 3. The van der Waals surface area contributed by atoms with Crippen molar-refractivity contribution in [1.82, 2.24) is 26.3 Å². The van der Waals surface area contributed by atoms with Crippen LogP contribution in [0, 0.1) is 5.95 Å². The summed E-state index contributed by atoms with van der Waals surface area (Å²) in [5, 5.41) is 38.9. The average molecular weight is 640 g/mol. The number of benzene rings is 2. The Bertz CT molecular complexity index is 1560. The number of fused-ring (bicyclic) bond motifs is 1. The summed E-state index contributed by atoms with van der Waals surface area (Å²) >= 11 is 0. The van der Waals surface area contributed by atoms with Gasteiger partial charge in [-0.2, -0.15) is 4.39 Å². The molecule has 3 rings (SSSR count). The van der Waals surface area contributed by atoms with Crippen LogP contribution in [-0.2, 0) is 25.6 Å². The van der Waals surface area contributed by atoms with Crippen molar-refractivity contribution in [1.29, 1.82) is 0 Å². The van der Waals surface area contributed by atoms with Gasteiger partial charge >= 0.3 is 23.9 Å². The first kappa shape index (κ1) is 34.9. The number of carboxylic acid groups (broad SMARTS) is 3. The summed E-state index contributed by atoms with van der Waals surface area (Å²) in [6.45, 7) is 0.105. The van der Waals surface area contributed by atoms with Crippen molar-refractivity contribution in [2.24, 2.45) is 0 Å². The number of unbranched alkanes of at least 4 members (excludes halogenated alkanes) is 1. The van der Waals surface area contributed by atoms with Crippen LogP contribution in [0.1, 0.15) is 48.0 Å². The zero-order chi connectivity index (χ0) is 33.6. The molecule has 0 saturated heterocycles. The van der Waals surface area contributed by atoms with E-state index in [0.29, 0.717) is 6.42 Å². The number of nitrogens with zero attached hydrogens (tertiary/aromatic N) is 1. The Morgan fingerprint density at radius 2 is 1.43 bits per heavy atom. The topological polar surface area (TPSA) is 224 Å². The van der Waals surface area contributed by atoms with E-state index in [-0.39, 0.29) is 31.4 Å². The summed E-state index contributed by atoms with van der Waals surface area (Å²) in [5.41, 5.74) is 0.863. The van der Waals surface area contributed by atoms with E-state index in [1.165, 1.54) is 6.07 Å². The maximum absolute atomic E-state index is 13.3. The monoisotopic (exact) mass is 639 g/mol. The molecule has 14 nitrogen and oxygen atoms in total. The Kier molecular flexibility index (Phi) is 12.9. The van der Waals surface area contributed by atoms with E-state index < -0.39 is 72.7 Å². The molecular formula is C31H34FN5O9. The lowest BCUT2D eigenvalue weighted by Crippen LogP contribution is -2.51. The van der Waals surface area contributed by atoms with E-state index >= 15 is 0 Å². The average Bonchev–Trinajstić information content (AvgIpc) is 3.01. The lowest BCUT2D eigenvalue weighted by atomic mass is 9.98. The number of aromatic nitrogens is 1. The largest absolute Gasteiger partial charge is 0.481 e. The van der Waals surface area contributed by atoms with E-state index in [2.05, 4.69) is 26.3 Å². The number of hydrogen-bond donors (Lipinski definition) is 7. The molecule has 15 heteroatoms. The second-order valence-corrected chi connectivity index (χ2v) is 10.4. The molecule has 0 spiro atoms. The quantitative estimate of drug-likeness (QED) is 0.0841. The molecule has 1 unspecified atom stereocenters. The molecule has 0 saturated carbocycles. The molecule has 0 aliphatic rings. The molecule has 3 aromatic rings. The first-order valence-corrected chi connectivity index (χ1v) is 14.4. The lowest BCUT2D eigenvalue weighted by molar-refractivity contribution is -0.140. The predicted octanol–water partition coefficient (Wildman–Crippen LogP) is 2.07. The van der Waals surface area contributed by atoms with E-state index in [4.69, 9.17) is 5.11 Å². The highest BCUT2D eigenvalue weighted by atomic mass is 19.1. The Balaban J connectivity index is 1.58. The van der Waals surface area contributed by atoms with Gasteiger partial charge in [-0.25, -0.2) is 19.4 Å². The Morgan fingerprint density at radius 1 is 0.761 bits per heavy atom. The first-order chi connectivity index (χ1) is 21.9. The van der Waals surface area contributed by atoms with Gasteiger partial charge in [0.1, 0.15) is 18.1 Å². The minimum Gasteiger partial charge on any atom is -0.481 e. The molecule has 0 fully saturated rings. The summed E-state index contributed by atoms with van der Waals surface area (Å²) in [7, 11) is 0. The summed E-state index contributed by atoms with van der Waals surface area (Å²) in [4.78, 5) is 75.5. The molecule has 46 heavy (non-hydrogen) atoms. The van der Waals surface area contributed by atoms with Crippen molar-refractivity contribution >= 4 is 46.5 Å². The van der Waals surface area contributed by atoms with Gasteiger partial charge in [0.05, 0.1) is 5.56 Å². The van der Waals surface area contributed by atoms with Gasteiger partial charge in [-0.1, -0.05) is 42.5 Å². The number of carbonyl (C=O) groups excluding carboxylic acids is 3. The first-order valence-electron chi connectivity index (χ1n) is 14.4. The minimum atomic E-state index is -1.53. The molecule has 0 bridgehead atoms. The number of rotatable bonds is 17.